The molecule has 14 heavy (non-hydrogen) atoms. The molecule has 0 N–H and O–H groups in total. The Kier molecular flexibility index (Phi) is 3.18. The SMILES string of the molecule is C=CS(=O)(=O)c1cc(Cl)ccc1OC. The van der Waals surface area contributed by atoms with Gasteiger partial charge in [0.1, 0.15) is 10.6 Å². The molecule has 0 saturated heterocycles. The van der Waals surface area contributed by atoms with E-state index in [-0.39, 0.29) is 10.6 Å². The Hall–Kier alpha value is -1.00. The number of rotatable bonds is 3. The number of hydrogen-bond acceptors (Lipinski definition) is 3. The zero-order valence-corrected chi connectivity index (χ0v) is 9.10. The quantitative estimate of drug-likeness (QED) is 0.803. The summed E-state index contributed by atoms with van der Waals surface area (Å²) in [6.45, 7) is 3.23. The molecule has 0 spiro atoms. The van der Waals surface area contributed by atoms with Crippen LogP contribution in [0.2, 0.25) is 5.02 Å². The van der Waals surface area contributed by atoms with Crippen LogP contribution in [0.4, 0.5) is 0 Å². The van der Waals surface area contributed by atoms with Gasteiger partial charge in [0.05, 0.1) is 7.11 Å². The van der Waals surface area contributed by atoms with E-state index in [0.717, 1.165) is 5.41 Å². The first-order chi connectivity index (χ1) is 6.51. The van der Waals surface area contributed by atoms with Gasteiger partial charge in [-0.2, -0.15) is 0 Å². The average Bonchev–Trinajstić information content (AvgIpc) is 2.18. The summed E-state index contributed by atoms with van der Waals surface area (Å²) in [4.78, 5) is 0.0301. The normalized spacial score (nSPS) is 11.0. The first kappa shape index (κ1) is 11.1. The lowest BCUT2D eigenvalue weighted by atomic mass is 10.3. The highest BCUT2D eigenvalue weighted by atomic mass is 35.5. The van der Waals surface area contributed by atoms with Gasteiger partial charge in [-0.25, -0.2) is 8.42 Å². The van der Waals surface area contributed by atoms with Gasteiger partial charge in [-0.15, -0.1) is 0 Å². The molecule has 0 radical (unpaired) electrons. The molecule has 0 bridgehead atoms. The van der Waals surface area contributed by atoms with Crippen molar-refractivity contribution in [2.75, 3.05) is 7.11 Å². The summed E-state index contributed by atoms with van der Waals surface area (Å²) in [5.41, 5.74) is 0. The van der Waals surface area contributed by atoms with Crippen molar-refractivity contribution < 1.29 is 13.2 Å². The zero-order chi connectivity index (χ0) is 10.8. The lowest BCUT2D eigenvalue weighted by Gasteiger charge is -2.06. The van der Waals surface area contributed by atoms with Crippen LogP contribution in [-0.2, 0) is 9.84 Å². The fourth-order valence-electron chi connectivity index (χ4n) is 0.963. The minimum atomic E-state index is -3.51. The van der Waals surface area contributed by atoms with Crippen molar-refractivity contribution >= 4 is 21.4 Å². The standard InChI is InChI=1S/C9H9ClO3S/c1-3-14(11,12)9-6-7(10)4-5-8(9)13-2/h3-6H,1H2,2H3. The lowest BCUT2D eigenvalue weighted by molar-refractivity contribution is 0.403. The molecule has 0 aliphatic heterocycles. The lowest BCUT2D eigenvalue weighted by Crippen LogP contribution is -1.99. The van der Waals surface area contributed by atoms with E-state index >= 15 is 0 Å². The Morgan fingerprint density at radius 2 is 2.14 bits per heavy atom. The van der Waals surface area contributed by atoms with Gasteiger partial charge in [-0.05, 0) is 18.2 Å². The van der Waals surface area contributed by atoms with Crippen molar-refractivity contribution in [3.05, 3.63) is 35.2 Å². The Bertz CT molecular complexity index is 451. The molecule has 5 heteroatoms. The van der Waals surface area contributed by atoms with Crippen LogP contribution < -0.4 is 4.74 Å². The summed E-state index contributed by atoms with van der Waals surface area (Å²) >= 11 is 5.68. The summed E-state index contributed by atoms with van der Waals surface area (Å²) in [5.74, 6) is 0.259. The van der Waals surface area contributed by atoms with Crippen LogP contribution in [0, 0.1) is 0 Å². The van der Waals surface area contributed by atoms with Crippen LogP contribution in [0.1, 0.15) is 0 Å². The number of benzene rings is 1. The third-order valence-corrected chi connectivity index (χ3v) is 3.26. The van der Waals surface area contributed by atoms with E-state index in [1.54, 1.807) is 6.07 Å². The van der Waals surface area contributed by atoms with Crippen LogP contribution in [0.3, 0.4) is 0 Å². The molecule has 0 fully saturated rings. The number of ether oxygens (including phenoxy) is 1. The van der Waals surface area contributed by atoms with Gasteiger partial charge in [0, 0.05) is 10.4 Å². The molecule has 0 saturated carbocycles. The molecule has 0 heterocycles. The number of methoxy groups -OCH3 is 1. The van der Waals surface area contributed by atoms with Gasteiger partial charge in [-0.3, -0.25) is 0 Å². The first-order valence-electron chi connectivity index (χ1n) is 3.72. The van der Waals surface area contributed by atoms with E-state index in [2.05, 4.69) is 6.58 Å². The van der Waals surface area contributed by atoms with Crippen LogP contribution in [0.25, 0.3) is 0 Å². The first-order valence-corrected chi connectivity index (χ1v) is 5.65. The largest absolute Gasteiger partial charge is 0.495 e. The van der Waals surface area contributed by atoms with Crippen molar-refractivity contribution in [3.8, 4) is 5.75 Å². The highest BCUT2D eigenvalue weighted by Crippen LogP contribution is 2.27. The molecular formula is C9H9ClO3S. The van der Waals surface area contributed by atoms with Gasteiger partial charge in [0.2, 0.25) is 9.84 Å². The maximum atomic E-state index is 11.5. The summed E-state index contributed by atoms with van der Waals surface area (Å²) in [5, 5.41) is 1.20. The third kappa shape index (κ3) is 2.08. The molecule has 1 aromatic carbocycles. The van der Waals surface area contributed by atoms with E-state index in [1.165, 1.54) is 19.2 Å². The van der Waals surface area contributed by atoms with Crippen LogP contribution in [0.5, 0.6) is 5.75 Å². The highest BCUT2D eigenvalue weighted by molar-refractivity contribution is 7.94. The van der Waals surface area contributed by atoms with E-state index < -0.39 is 9.84 Å². The Balaban J connectivity index is 3.46. The topological polar surface area (TPSA) is 43.4 Å². The molecule has 0 aliphatic rings. The highest BCUT2D eigenvalue weighted by Gasteiger charge is 2.16. The Morgan fingerprint density at radius 1 is 1.50 bits per heavy atom. The van der Waals surface area contributed by atoms with Gasteiger partial charge < -0.3 is 4.74 Å². The van der Waals surface area contributed by atoms with Gasteiger partial charge >= 0.3 is 0 Å². The van der Waals surface area contributed by atoms with Crippen molar-refractivity contribution in [3.63, 3.8) is 0 Å². The number of sulfone groups is 1. The minimum absolute atomic E-state index is 0.0301. The van der Waals surface area contributed by atoms with E-state index in [0.29, 0.717) is 5.02 Å². The molecule has 0 aromatic heterocycles. The molecule has 76 valence electrons. The van der Waals surface area contributed by atoms with E-state index in [1.807, 2.05) is 0 Å². The summed E-state index contributed by atoms with van der Waals surface area (Å²) in [6.07, 6.45) is 0. The fraction of sp³-hybridized carbons (Fsp3) is 0.111. The van der Waals surface area contributed by atoms with Crippen LogP contribution in [-0.4, -0.2) is 15.5 Å². The van der Waals surface area contributed by atoms with E-state index in [9.17, 15) is 8.42 Å². The third-order valence-electron chi connectivity index (χ3n) is 1.65. The maximum Gasteiger partial charge on any atom is 0.202 e. The maximum absolute atomic E-state index is 11.5. The predicted molar refractivity (Wildman–Crippen MR) is 55.4 cm³/mol. The second-order valence-corrected chi connectivity index (χ2v) is 4.81. The Labute approximate surface area is 87.9 Å². The van der Waals surface area contributed by atoms with Crippen molar-refractivity contribution in [1.82, 2.24) is 0 Å². The number of hydrogen-bond donors (Lipinski definition) is 0. The van der Waals surface area contributed by atoms with Crippen molar-refractivity contribution in [2.45, 2.75) is 4.90 Å². The second-order valence-electron chi connectivity index (χ2n) is 2.51. The van der Waals surface area contributed by atoms with Crippen LogP contribution >= 0.6 is 11.6 Å². The van der Waals surface area contributed by atoms with Gasteiger partial charge in [0.15, 0.2) is 0 Å². The molecule has 1 aromatic rings. The van der Waals surface area contributed by atoms with Gasteiger partial charge in [-0.1, -0.05) is 18.2 Å². The van der Waals surface area contributed by atoms with Crippen molar-refractivity contribution in [2.24, 2.45) is 0 Å². The molecule has 1 rings (SSSR count). The van der Waals surface area contributed by atoms with E-state index in [4.69, 9.17) is 16.3 Å². The molecule has 3 nitrogen and oxygen atoms in total. The van der Waals surface area contributed by atoms with Crippen LogP contribution in [0.15, 0.2) is 35.1 Å². The summed E-state index contributed by atoms with van der Waals surface area (Å²) in [7, 11) is -2.11. The zero-order valence-electron chi connectivity index (χ0n) is 7.53. The average molecular weight is 233 g/mol. The van der Waals surface area contributed by atoms with Crippen molar-refractivity contribution in [1.29, 1.82) is 0 Å². The predicted octanol–water partition coefficient (Wildman–Crippen LogP) is 2.27. The molecular weight excluding hydrogens is 224 g/mol. The monoisotopic (exact) mass is 232 g/mol. The summed E-state index contributed by atoms with van der Waals surface area (Å²) in [6, 6.07) is 4.39. The Morgan fingerprint density at radius 3 is 2.64 bits per heavy atom. The van der Waals surface area contributed by atoms with Gasteiger partial charge in [0.25, 0.3) is 0 Å². The molecule has 0 amide bonds. The summed E-state index contributed by atoms with van der Waals surface area (Å²) < 4.78 is 27.9. The fourth-order valence-corrected chi connectivity index (χ4v) is 2.10. The second kappa shape index (κ2) is 4.02. The minimum Gasteiger partial charge on any atom is -0.495 e. The molecule has 0 unspecified atom stereocenters. The smallest absolute Gasteiger partial charge is 0.202 e. The molecule has 0 aliphatic carbocycles. The number of halogens is 1. The molecule has 0 atom stereocenters.